The fraction of sp³-hybridized carbons (Fsp3) is 0.200. The van der Waals surface area contributed by atoms with Crippen LogP contribution in [0.25, 0.3) is 0 Å². The molecule has 2 rings (SSSR count). The molecule has 0 spiro atoms. The van der Waals surface area contributed by atoms with Gasteiger partial charge in [0.2, 0.25) is 0 Å². The lowest BCUT2D eigenvalue weighted by molar-refractivity contribution is -0.137. The summed E-state index contributed by atoms with van der Waals surface area (Å²) in [7, 11) is 0. The summed E-state index contributed by atoms with van der Waals surface area (Å²) >= 11 is 5.55. The van der Waals surface area contributed by atoms with Crippen molar-refractivity contribution >= 4 is 17.4 Å². The van der Waals surface area contributed by atoms with Gasteiger partial charge in [0.05, 0.1) is 17.8 Å². The van der Waals surface area contributed by atoms with Gasteiger partial charge >= 0.3 is 6.18 Å². The van der Waals surface area contributed by atoms with Gasteiger partial charge in [0.1, 0.15) is 11.0 Å². The molecule has 2 heterocycles. The number of H-pyrrole nitrogens is 1. The number of nitrogens with one attached hydrogen (secondary N) is 2. The van der Waals surface area contributed by atoms with Crippen molar-refractivity contribution in [3.8, 4) is 0 Å². The van der Waals surface area contributed by atoms with Crippen molar-refractivity contribution in [2.75, 3.05) is 5.32 Å². The van der Waals surface area contributed by atoms with Crippen LogP contribution in [0.2, 0.25) is 5.15 Å². The van der Waals surface area contributed by atoms with Crippen LogP contribution in [0.3, 0.4) is 0 Å². The van der Waals surface area contributed by atoms with Crippen molar-refractivity contribution in [2.24, 2.45) is 0 Å². The number of rotatable bonds is 3. The number of aromatic amines is 1. The number of pyridine rings is 1. The zero-order valence-electron chi connectivity index (χ0n) is 8.92. The summed E-state index contributed by atoms with van der Waals surface area (Å²) in [6.07, 6.45) is -2.90. The zero-order chi connectivity index (χ0) is 13.2. The predicted molar refractivity (Wildman–Crippen MR) is 60.2 cm³/mol. The van der Waals surface area contributed by atoms with E-state index in [9.17, 15) is 13.2 Å². The van der Waals surface area contributed by atoms with Crippen LogP contribution in [0.4, 0.5) is 19.0 Å². The minimum atomic E-state index is -4.45. The van der Waals surface area contributed by atoms with Gasteiger partial charge in [-0.15, -0.1) is 0 Å². The number of hydrogen-bond acceptors (Lipinski definition) is 3. The number of nitrogens with zero attached hydrogens (tertiary/aromatic N) is 2. The molecule has 0 aliphatic rings. The smallest absolute Gasteiger partial charge is 0.364 e. The molecular formula is C10H8ClF3N4. The first kappa shape index (κ1) is 12.7. The maximum atomic E-state index is 12.5. The summed E-state index contributed by atoms with van der Waals surface area (Å²) in [5, 5.41) is 8.91. The van der Waals surface area contributed by atoms with E-state index in [4.69, 9.17) is 11.6 Å². The van der Waals surface area contributed by atoms with Gasteiger partial charge in [-0.1, -0.05) is 11.6 Å². The van der Waals surface area contributed by atoms with Gasteiger partial charge in [-0.25, -0.2) is 4.98 Å². The molecule has 2 aromatic rings. The van der Waals surface area contributed by atoms with E-state index >= 15 is 0 Å². The van der Waals surface area contributed by atoms with Crippen molar-refractivity contribution in [3.63, 3.8) is 0 Å². The Balaban J connectivity index is 2.15. The van der Waals surface area contributed by atoms with Crippen molar-refractivity contribution < 1.29 is 13.2 Å². The minimum Gasteiger partial charge on any atom is -0.364 e. The highest BCUT2D eigenvalue weighted by molar-refractivity contribution is 6.29. The molecule has 96 valence electrons. The van der Waals surface area contributed by atoms with Crippen LogP contribution in [0, 0.1) is 0 Å². The zero-order valence-corrected chi connectivity index (χ0v) is 9.68. The van der Waals surface area contributed by atoms with Crippen LogP contribution in [-0.2, 0) is 12.7 Å². The van der Waals surface area contributed by atoms with Gasteiger partial charge in [0.25, 0.3) is 0 Å². The van der Waals surface area contributed by atoms with Gasteiger partial charge in [-0.3, -0.25) is 5.10 Å². The van der Waals surface area contributed by atoms with E-state index in [1.165, 1.54) is 0 Å². The molecule has 0 aromatic carbocycles. The molecule has 0 amide bonds. The molecule has 0 fully saturated rings. The quantitative estimate of drug-likeness (QED) is 0.847. The molecule has 18 heavy (non-hydrogen) atoms. The number of anilines is 1. The Hall–Kier alpha value is -1.76. The lowest BCUT2D eigenvalue weighted by Gasteiger charge is -2.10. The highest BCUT2D eigenvalue weighted by Crippen LogP contribution is 2.31. The first-order valence-electron chi connectivity index (χ1n) is 4.92. The van der Waals surface area contributed by atoms with Crippen LogP contribution in [0.15, 0.2) is 24.4 Å². The molecule has 0 radical (unpaired) electrons. The molecule has 0 saturated carbocycles. The molecule has 0 unspecified atom stereocenters. The summed E-state index contributed by atoms with van der Waals surface area (Å²) in [6.45, 7) is 0.282. The molecule has 0 atom stereocenters. The van der Waals surface area contributed by atoms with E-state index in [1.807, 2.05) is 0 Å². The second kappa shape index (κ2) is 4.85. The average Bonchev–Trinajstić information content (AvgIpc) is 2.77. The summed E-state index contributed by atoms with van der Waals surface area (Å²) in [5.41, 5.74) is -0.111. The van der Waals surface area contributed by atoms with Gasteiger partial charge in [0.15, 0.2) is 0 Å². The van der Waals surface area contributed by atoms with Gasteiger partial charge in [-0.2, -0.15) is 18.3 Å². The van der Waals surface area contributed by atoms with Crippen LogP contribution in [-0.4, -0.2) is 15.2 Å². The average molecular weight is 277 g/mol. The third kappa shape index (κ3) is 3.13. The van der Waals surface area contributed by atoms with Gasteiger partial charge < -0.3 is 5.32 Å². The third-order valence-corrected chi connectivity index (χ3v) is 2.33. The van der Waals surface area contributed by atoms with E-state index in [0.717, 1.165) is 17.8 Å². The fourth-order valence-electron chi connectivity index (χ4n) is 1.32. The van der Waals surface area contributed by atoms with E-state index in [1.54, 1.807) is 12.3 Å². The molecular weight excluding hydrogens is 269 g/mol. The van der Waals surface area contributed by atoms with Gasteiger partial charge in [-0.05, 0) is 18.2 Å². The number of alkyl halides is 3. The largest absolute Gasteiger partial charge is 0.416 e. The second-order valence-corrected chi connectivity index (χ2v) is 3.88. The van der Waals surface area contributed by atoms with E-state index in [2.05, 4.69) is 20.5 Å². The molecule has 2 N–H and O–H groups in total. The molecule has 2 aromatic heterocycles. The molecule has 0 bridgehead atoms. The number of halogens is 4. The summed E-state index contributed by atoms with van der Waals surface area (Å²) < 4.78 is 37.6. The third-order valence-electron chi connectivity index (χ3n) is 2.14. The Morgan fingerprint density at radius 1 is 1.33 bits per heavy atom. The van der Waals surface area contributed by atoms with Crippen LogP contribution < -0.4 is 5.32 Å². The standard InChI is InChI=1S/C10H8ClF3N4/c11-8-3-6(10(12,13)14)4-9(17-8)15-5-7-1-2-16-18-7/h1-4H,5H2,(H,15,17)(H,16,18). The van der Waals surface area contributed by atoms with Gasteiger partial charge in [0, 0.05) is 6.20 Å². The molecule has 8 heteroatoms. The van der Waals surface area contributed by atoms with E-state index in [0.29, 0.717) is 0 Å². The molecule has 0 saturated heterocycles. The number of aromatic nitrogens is 3. The SMILES string of the molecule is FC(F)(F)c1cc(Cl)nc(NCc2ccn[nH]2)c1. The van der Waals surface area contributed by atoms with Crippen molar-refractivity contribution in [2.45, 2.75) is 12.7 Å². The highest BCUT2D eigenvalue weighted by atomic mass is 35.5. The van der Waals surface area contributed by atoms with Crippen molar-refractivity contribution in [1.82, 2.24) is 15.2 Å². The first-order chi connectivity index (χ1) is 8.45. The Morgan fingerprint density at radius 3 is 2.72 bits per heavy atom. The van der Waals surface area contributed by atoms with Crippen molar-refractivity contribution in [1.29, 1.82) is 0 Å². The number of hydrogen-bond donors (Lipinski definition) is 2. The lowest BCUT2D eigenvalue weighted by atomic mass is 10.2. The Bertz CT molecular complexity index is 524. The normalized spacial score (nSPS) is 11.6. The fourth-order valence-corrected chi connectivity index (χ4v) is 1.53. The second-order valence-electron chi connectivity index (χ2n) is 3.50. The molecule has 0 aliphatic heterocycles. The van der Waals surface area contributed by atoms with E-state index < -0.39 is 11.7 Å². The maximum absolute atomic E-state index is 12.5. The summed E-state index contributed by atoms with van der Waals surface area (Å²) in [5.74, 6) is 0.0597. The lowest BCUT2D eigenvalue weighted by Crippen LogP contribution is -2.08. The van der Waals surface area contributed by atoms with Crippen LogP contribution in [0.1, 0.15) is 11.3 Å². The molecule has 4 nitrogen and oxygen atoms in total. The highest BCUT2D eigenvalue weighted by Gasteiger charge is 2.31. The maximum Gasteiger partial charge on any atom is 0.416 e. The molecule has 0 aliphatic carbocycles. The Labute approximate surface area is 105 Å². The van der Waals surface area contributed by atoms with Crippen LogP contribution >= 0.6 is 11.6 Å². The monoisotopic (exact) mass is 276 g/mol. The van der Waals surface area contributed by atoms with Crippen molar-refractivity contribution in [3.05, 3.63) is 40.8 Å². The first-order valence-corrected chi connectivity index (χ1v) is 5.30. The Morgan fingerprint density at radius 2 is 2.11 bits per heavy atom. The predicted octanol–water partition coefficient (Wildman–Crippen LogP) is 3.09. The minimum absolute atomic E-state index is 0.0597. The summed E-state index contributed by atoms with van der Waals surface area (Å²) in [4.78, 5) is 3.77. The summed E-state index contributed by atoms with van der Waals surface area (Å²) in [6, 6.07) is 3.38. The van der Waals surface area contributed by atoms with Crippen LogP contribution in [0.5, 0.6) is 0 Å². The Kier molecular flexibility index (Phi) is 3.42. The topological polar surface area (TPSA) is 53.6 Å². The van der Waals surface area contributed by atoms with E-state index in [-0.39, 0.29) is 17.5 Å².